The number of likely N-dealkylation sites (tertiary alicyclic amines) is 1. The predicted octanol–water partition coefficient (Wildman–Crippen LogP) is 0.372. The van der Waals surface area contributed by atoms with Crippen molar-refractivity contribution in [2.24, 2.45) is 0 Å². The third-order valence-electron chi connectivity index (χ3n) is 3.74. The van der Waals surface area contributed by atoms with E-state index in [-0.39, 0.29) is 40.9 Å². The van der Waals surface area contributed by atoms with Gasteiger partial charge in [-0.15, -0.1) is 11.8 Å². The molecule has 2 saturated heterocycles. The number of thioether (sulfide) groups is 1. The van der Waals surface area contributed by atoms with Gasteiger partial charge in [-0.3, -0.25) is 9.59 Å². The lowest BCUT2D eigenvalue weighted by Crippen LogP contribution is -2.38. The van der Waals surface area contributed by atoms with Gasteiger partial charge in [-0.25, -0.2) is 8.42 Å². The van der Waals surface area contributed by atoms with Crippen LogP contribution in [0.4, 0.5) is 0 Å². The maximum Gasteiger partial charge on any atom is 0.305 e. The Hall–Kier alpha value is -0.760. The number of hydrogen-bond acceptors (Lipinski definition) is 5. The summed E-state index contributed by atoms with van der Waals surface area (Å²) in [7, 11) is -2.91. The molecule has 0 radical (unpaired) electrons. The third kappa shape index (κ3) is 4.12. The first-order chi connectivity index (χ1) is 9.37. The van der Waals surface area contributed by atoms with Crippen LogP contribution in [0.15, 0.2) is 0 Å². The molecule has 0 bridgehead atoms. The number of hydrogen-bond donors (Lipinski definition) is 1. The molecule has 0 aromatic heterocycles. The van der Waals surface area contributed by atoms with Gasteiger partial charge in [-0.05, 0) is 19.3 Å². The average molecular weight is 321 g/mol. The summed E-state index contributed by atoms with van der Waals surface area (Å²) < 4.78 is 22.7. The summed E-state index contributed by atoms with van der Waals surface area (Å²) in [5.74, 6) is -0.336. The number of carbonyl (C=O) groups is 2. The van der Waals surface area contributed by atoms with Crippen molar-refractivity contribution in [1.82, 2.24) is 4.90 Å². The molecule has 0 saturated carbocycles. The zero-order chi connectivity index (χ0) is 14.8. The van der Waals surface area contributed by atoms with Crippen LogP contribution in [-0.4, -0.2) is 65.4 Å². The number of aliphatic carboxylic acids is 1. The fourth-order valence-corrected chi connectivity index (χ4v) is 6.27. The smallest absolute Gasteiger partial charge is 0.305 e. The first-order valence-electron chi connectivity index (χ1n) is 6.71. The molecule has 2 aliphatic rings. The van der Waals surface area contributed by atoms with Crippen molar-refractivity contribution in [3.63, 3.8) is 0 Å². The highest BCUT2D eigenvalue weighted by Gasteiger charge is 2.32. The Labute approximate surface area is 122 Å². The van der Waals surface area contributed by atoms with Crippen molar-refractivity contribution in [3.05, 3.63) is 0 Å². The van der Waals surface area contributed by atoms with Gasteiger partial charge in [-0.1, -0.05) is 0 Å². The van der Waals surface area contributed by atoms with Crippen LogP contribution >= 0.6 is 11.8 Å². The zero-order valence-corrected chi connectivity index (χ0v) is 12.8. The second kappa shape index (κ2) is 6.34. The van der Waals surface area contributed by atoms with Crippen LogP contribution in [0.1, 0.15) is 25.7 Å². The van der Waals surface area contributed by atoms with Crippen LogP contribution in [0, 0.1) is 0 Å². The van der Waals surface area contributed by atoms with Crippen molar-refractivity contribution in [2.75, 3.05) is 23.8 Å². The number of nitrogens with zero attached hydrogens (tertiary/aromatic N) is 1. The fraction of sp³-hybridized carbons (Fsp3) is 0.833. The van der Waals surface area contributed by atoms with Crippen LogP contribution < -0.4 is 0 Å². The molecule has 0 aromatic rings. The van der Waals surface area contributed by atoms with E-state index in [9.17, 15) is 18.0 Å². The molecule has 1 amide bonds. The molecule has 114 valence electrons. The summed E-state index contributed by atoms with van der Waals surface area (Å²) in [4.78, 5) is 24.5. The number of carboxylic acid groups (broad SMARTS) is 1. The lowest BCUT2D eigenvalue weighted by atomic mass is 10.1. The monoisotopic (exact) mass is 321 g/mol. The minimum atomic E-state index is -2.91. The minimum Gasteiger partial charge on any atom is -0.481 e. The van der Waals surface area contributed by atoms with E-state index >= 15 is 0 Å². The zero-order valence-electron chi connectivity index (χ0n) is 11.2. The molecular weight excluding hydrogens is 302 g/mol. The van der Waals surface area contributed by atoms with Crippen molar-refractivity contribution in [1.29, 1.82) is 0 Å². The van der Waals surface area contributed by atoms with Crippen LogP contribution in [0.25, 0.3) is 0 Å². The average Bonchev–Trinajstić information content (AvgIpc) is 2.92. The number of rotatable bonds is 5. The van der Waals surface area contributed by atoms with Crippen LogP contribution in [0.3, 0.4) is 0 Å². The highest BCUT2D eigenvalue weighted by atomic mass is 32.2. The van der Waals surface area contributed by atoms with Gasteiger partial charge in [0, 0.05) is 17.8 Å². The van der Waals surface area contributed by atoms with Gasteiger partial charge in [-0.2, -0.15) is 0 Å². The maximum atomic E-state index is 12.1. The molecule has 8 heteroatoms. The molecule has 2 fully saturated rings. The van der Waals surface area contributed by atoms with E-state index in [4.69, 9.17) is 5.11 Å². The molecule has 2 aliphatic heterocycles. The van der Waals surface area contributed by atoms with Crippen LogP contribution in [0.5, 0.6) is 0 Å². The Morgan fingerprint density at radius 3 is 2.65 bits per heavy atom. The quantitative estimate of drug-likeness (QED) is 0.787. The van der Waals surface area contributed by atoms with E-state index < -0.39 is 15.8 Å². The molecule has 0 aliphatic carbocycles. The van der Waals surface area contributed by atoms with Gasteiger partial charge in [0.15, 0.2) is 9.84 Å². The van der Waals surface area contributed by atoms with Gasteiger partial charge in [0.25, 0.3) is 0 Å². The second-order valence-corrected chi connectivity index (χ2v) is 8.83. The van der Waals surface area contributed by atoms with Gasteiger partial charge < -0.3 is 10.0 Å². The Morgan fingerprint density at radius 2 is 2.05 bits per heavy atom. The van der Waals surface area contributed by atoms with E-state index in [1.807, 2.05) is 0 Å². The Balaban J connectivity index is 1.81. The number of sulfone groups is 1. The first-order valence-corrected chi connectivity index (χ1v) is 9.58. The Bertz CT molecular complexity index is 490. The lowest BCUT2D eigenvalue weighted by molar-refractivity contribution is -0.139. The minimum absolute atomic E-state index is 0.00415. The Kier molecular flexibility index (Phi) is 4.95. The van der Waals surface area contributed by atoms with Gasteiger partial charge in [0.2, 0.25) is 5.91 Å². The molecule has 1 N–H and O–H groups in total. The molecule has 2 atom stereocenters. The second-order valence-electron chi connectivity index (χ2n) is 5.32. The largest absolute Gasteiger partial charge is 0.481 e. The molecular formula is C12H19NO5S2. The summed E-state index contributed by atoms with van der Waals surface area (Å²) >= 11 is 1.38. The molecule has 0 aromatic carbocycles. The van der Waals surface area contributed by atoms with Gasteiger partial charge in [0.1, 0.15) is 0 Å². The first kappa shape index (κ1) is 15.6. The van der Waals surface area contributed by atoms with Crippen molar-refractivity contribution in [2.45, 2.75) is 37.0 Å². The maximum absolute atomic E-state index is 12.1. The van der Waals surface area contributed by atoms with E-state index in [2.05, 4.69) is 0 Å². The van der Waals surface area contributed by atoms with Crippen molar-refractivity contribution < 1.29 is 23.1 Å². The van der Waals surface area contributed by atoms with Crippen molar-refractivity contribution >= 4 is 33.5 Å². The third-order valence-corrected chi connectivity index (χ3v) is 7.01. The van der Waals surface area contributed by atoms with E-state index in [0.717, 1.165) is 12.8 Å². The van der Waals surface area contributed by atoms with Crippen molar-refractivity contribution in [3.8, 4) is 0 Å². The molecule has 2 heterocycles. The van der Waals surface area contributed by atoms with Gasteiger partial charge >= 0.3 is 5.97 Å². The number of amides is 1. The fourth-order valence-electron chi connectivity index (χ4n) is 2.74. The molecule has 20 heavy (non-hydrogen) atoms. The summed E-state index contributed by atoms with van der Waals surface area (Å²) in [5, 5.41) is 8.83. The topological polar surface area (TPSA) is 91.8 Å². The molecule has 2 rings (SSSR count). The summed E-state index contributed by atoms with van der Waals surface area (Å²) in [5.41, 5.74) is 0. The highest BCUT2D eigenvalue weighted by Crippen LogP contribution is 2.26. The van der Waals surface area contributed by atoms with Gasteiger partial charge in [0.05, 0.1) is 23.7 Å². The normalized spacial score (nSPS) is 28.7. The highest BCUT2D eigenvalue weighted by molar-refractivity contribution is 8.02. The molecule has 6 nitrogen and oxygen atoms in total. The van der Waals surface area contributed by atoms with E-state index in [1.165, 1.54) is 11.8 Å². The lowest BCUT2D eigenvalue weighted by Gasteiger charge is -2.23. The predicted molar refractivity (Wildman–Crippen MR) is 76.5 cm³/mol. The molecule has 0 spiro atoms. The SMILES string of the molecule is O=C(O)CC1CCCN1C(=O)CSC1CCS(=O)(=O)C1. The number of carboxylic acids is 1. The molecule has 2 unspecified atom stereocenters. The van der Waals surface area contributed by atoms with Crippen LogP contribution in [-0.2, 0) is 19.4 Å². The summed E-state index contributed by atoms with van der Waals surface area (Å²) in [6.07, 6.45) is 2.18. The summed E-state index contributed by atoms with van der Waals surface area (Å²) in [6, 6.07) is -0.201. The van der Waals surface area contributed by atoms with E-state index in [0.29, 0.717) is 13.0 Å². The van der Waals surface area contributed by atoms with E-state index in [1.54, 1.807) is 4.90 Å². The summed E-state index contributed by atoms with van der Waals surface area (Å²) in [6.45, 7) is 0.611. The number of carbonyl (C=O) groups excluding carboxylic acids is 1. The Morgan fingerprint density at radius 1 is 1.30 bits per heavy atom. The standard InChI is InChI=1S/C12H19NO5S2/c14-11(7-19-10-3-5-20(17,18)8-10)13-4-1-2-9(13)6-12(15)16/h9-10H,1-8H2,(H,15,16). The van der Waals surface area contributed by atoms with Crippen LogP contribution in [0.2, 0.25) is 0 Å².